The molecule has 0 aromatic heterocycles. The van der Waals surface area contributed by atoms with Crippen LogP contribution in [0.5, 0.6) is 5.75 Å². The third-order valence-corrected chi connectivity index (χ3v) is 2.74. The van der Waals surface area contributed by atoms with Gasteiger partial charge in [0.15, 0.2) is 0 Å². The molecule has 0 N–H and O–H groups in total. The molecule has 1 aliphatic carbocycles. The first-order valence-corrected chi connectivity index (χ1v) is 4.53. The SMILES string of the molecule is COc1ccc([C@H]2C[C@H]2Cl)cc1. The van der Waals surface area contributed by atoms with Gasteiger partial charge in [-0.15, -0.1) is 11.6 Å². The minimum Gasteiger partial charge on any atom is -0.497 e. The molecule has 0 spiro atoms. The Morgan fingerprint density at radius 1 is 1.33 bits per heavy atom. The lowest BCUT2D eigenvalue weighted by molar-refractivity contribution is 0.414. The van der Waals surface area contributed by atoms with Gasteiger partial charge in [0.05, 0.1) is 7.11 Å². The average Bonchev–Trinajstić information content (AvgIpc) is 2.83. The van der Waals surface area contributed by atoms with Crippen LogP contribution in [-0.4, -0.2) is 12.5 Å². The molecular formula is C10H11ClO. The van der Waals surface area contributed by atoms with Crippen molar-refractivity contribution in [1.29, 1.82) is 0 Å². The van der Waals surface area contributed by atoms with Crippen LogP contribution in [0, 0.1) is 0 Å². The van der Waals surface area contributed by atoms with Gasteiger partial charge >= 0.3 is 0 Å². The van der Waals surface area contributed by atoms with E-state index in [0.29, 0.717) is 11.3 Å². The fourth-order valence-electron chi connectivity index (χ4n) is 1.36. The van der Waals surface area contributed by atoms with Crippen LogP contribution in [0.15, 0.2) is 24.3 Å². The van der Waals surface area contributed by atoms with Crippen LogP contribution in [0.2, 0.25) is 0 Å². The van der Waals surface area contributed by atoms with E-state index in [2.05, 4.69) is 12.1 Å². The molecular weight excluding hydrogens is 172 g/mol. The molecule has 0 bridgehead atoms. The van der Waals surface area contributed by atoms with Crippen LogP contribution in [0.1, 0.15) is 17.9 Å². The zero-order valence-corrected chi connectivity index (χ0v) is 7.71. The predicted molar refractivity (Wildman–Crippen MR) is 50.0 cm³/mol. The summed E-state index contributed by atoms with van der Waals surface area (Å²) in [6.07, 6.45) is 1.12. The highest BCUT2D eigenvalue weighted by Gasteiger charge is 2.36. The van der Waals surface area contributed by atoms with Crippen LogP contribution >= 0.6 is 11.6 Å². The number of methoxy groups -OCH3 is 1. The van der Waals surface area contributed by atoms with E-state index < -0.39 is 0 Å². The standard InChI is InChI=1S/C10H11ClO/c1-12-8-4-2-7(3-5-8)9-6-10(9)11/h2-5,9-10H,6H2,1H3/t9-,10-/m1/s1. The molecule has 2 heteroatoms. The summed E-state index contributed by atoms with van der Waals surface area (Å²) in [5.74, 6) is 1.49. The highest BCUT2D eigenvalue weighted by atomic mass is 35.5. The topological polar surface area (TPSA) is 9.23 Å². The molecule has 0 heterocycles. The Balaban J connectivity index is 2.14. The van der Waals surface area contributed by atoms with E-state index in [1.165, 1.54) is 5.56 Å². The van der Waals surface area contributed by atoms with Gasteiger partial charge < -0.3 is 4.74 Å². The zero-order chi connectivity index (χ0) is 8.55. The molecule has 0 aliphatic heterocycles. The predicted octanol–water partition coefficient (Wildman–Crippen LogP) is 2.79. The van der Waals surface area contributed by atoms with E-state index in [1.807, 2.05) is 12.1 Å². The first-order valence-electron chi connectivity index (χ1n) is 4.09. The Kier molecular flexibility index (Phi) is 1.97. The van der Waals surface area contributed by atoms with Crippen molar-refractivity contribution in [2.24, 2.45) is 0 Å². The monoisotopic (exact) mass is 182 g/mol. The molecule has 64 valence electrons. The normalized spacial score (nSPS) is 26.8. The van der Waals surface area contributed by atoms with Crippen LogP contribution in [-0.2, 0) is 0 Å². The molecule has 0 radical (unpaired) electrons. The van der Waals surface area contributed by atoms with Gasteiger partial charge in [-0.1, -0.05) is 12.1 Å². The van der Waals surface area contributed by atoms with E-state index in [1.54, 1.807) is 7.11 Å². The molecule has 1 aliphatic rings. The molecule has 1 nitrogen and oxygen atoms in total. The van der Waals surface area contributed by atoms with Crippen molar-refractivity contribution in [3.05, 3.63) is 29.8 Å². The van der Waals surface area contributed by atoms with Gasteiger partial charge in [0, 0.05) is 11.3 Å². The maximum Gasteiger partial charge on any atom is 0.118 e. The molecule has 12 heavy (non-hydrogen) atoms. The average molecular weight is 183 g/mol. The second-order valence-electron chi connectivity index (χ2n) is 3.13. The Bertz CT molecular complexity index is 268. The third-order valence-electron chi connectivity index (χ3n) is 2.26. The van der Waals surface area contributed by atoms with Gasteiger partial charge in [-0.25, -0.2) is 0 Å². The molecule has 2 atom stereocenters. The van der Waals surface area contributed by atoms with E-state index in [9.17, 15) is 0 Å². The van der Waals surface area contributed by atoms with Crippen LogP contribution in [0.25, 0.3) is 0 Å². The lowest BCUT2D eigenvalue weighted by Crippen LogP contribution is -1.84. The van der Waals surface area contributed by atoms with Gasteiger partial charge in [0.1, 0.15) is 5.75 Å². The molecule has 0 saturated heterocycles. The van der Waals surface area contributed by atoms with Gasteiger partial charge in [-0.05, 0) is 24.1 Å². The molecule has 1 aromatic carbocycles. The third kappa shape index (κ3) is 1.42. The second kappa shape index (κ2) is 2.98. The summed E-state index contributed by atoms with van der Waals surface area (Å²) in [5, 5.41) is 0.360. The number of halogens is 1. The summed E-state index contributed by atoms with van der Waals surface area (Å²) in [5.41, 5.74) is 1.33. The van der Waals surface area contributed by atoms with E-state index in [-0.39, 0.29) is 0 Å². The van der Waals surface area contributed by atoms with Crippen molar-refractivity contribution in [3.63, 3.8) is 0 Å². The highest BCUT2D eigenvalue weighted by Crippen LogP contribution is 2.45. The lowest BCUT2D eigenvalue weighted by atomic mass is 10.1. The maximum atomic E-state index is 5.93. The molecule has 0 amide bonds. The number of ether oxygens (including phenoxy) is 1. The Labute approximate surface area is 77.3 Å². The quantitative estimate of drug-likeness (QED) is 0.640. The first-order chi connectivity index (χ1) is 5.81. The number of benzene rings is 1. The Morgan fingerprint density at radius 3 is 2.33 bits per heavy atom. The second-order valence-corrected chi connectivity index (χ2v) is 3.69. The lowest BCUT2D eigenvalue weighted by Gasteiger charge is -2.00. The van der Waals surface area contributed by atoms with Gasteiger partial charge in [-0.2, -0.15) is 0 Å². The van der Waals surface area contributed by atoms with E-state index >= 15 is 0 Å². The molecule has 1 saturated carbocycles. The Hall–Kier alpha value is -0.690. The minimum atomic E-state index is 0.360. The van der Waals surface area contributed by atoms with Gasteiger partial charge in [0.25, 0.3) is 0 Å². The smallest absolute Gasteiger partial charge is 0.118 e. The van der Waals surface area contributed by atoms with E-state index in [4.69, 9.17) is 16.3 Å². The van der Waals surface area contributed by atoms with Crippen molar-refractivity contribution < 1.29 is 4.74 Å². The van der Waals surface area contributed by atoms with Crippen molar-refractivity contribution >= 4 is 11.6 Å². The summed E-state index contributed by atoms with van der Waals surface area (Å²) >= 11 is 5.93. The fraction of sp³-hybridized carbons (Fsp3) is 0.400. The van der Waals surface area contributed by atoms with Crippen molar-refractivity contribution in [1.82, 2.24) is 0 Å². The van der Waals surface area contributed by atoms with Crippen molar-refractivity contribution in [3.8, 4) is 5.75 Å². The summed E-state index contributed by atoms with van der Waals surface area (Å²) in [7, 11) is 1.68. The number of hydrogen-bond donors (Lipinski definition) is 0. The Morgan fingerprint density at radius 2 is 1.92 bits per heavy atom. The highest BCUT2D eigenvalue weighted by molar-refractivity contribution is 6.23. The van der Waals surface area contributed by atoms with Crippen LogP contribution in [0.4, 0.5) is 0 Å². The number of hydrogen-bond acceptors (Lipinski definition) is 1. The summed E-state index contributed by atoms with van der Waals surface area (Å²) in [4.78, 5) is 0. The molecule has 0 unspecified atom stereocenters. The first kappa shape index (κ1) is 7.93. The van der Waals surface area contributed by atoms with Crippen molar-refractivity contribution in [2.75, 3.05) is 7.11 Å². The summed E-state index contributed by atoms with van der Waals surface area (Å²) < 4.78 is 5.06. The van der Waals surface area contributed by atoms with E-state index in [0.717, 1.165) is 12.2 Å². The van der Waals surface area contributed by atoms with Gasteiger partial charge in [0.2, 0.25) is 0 Å². The van der Waals surface area contributed by atoms with Gasteiger partial charge in [-0.3, -0.25) is 0 Å². The molecule has 1 aromatic rings. The largest absolute Gasteiger partial charge is 0.497 e. The number of alkyl halides is 1. The fourth-order valence-corrected chi connectivity index (χ4v) is 1.70. The minimum absolute atomic E-state index is 0.360. The zero-order valence-electron chi connectivity index (χ0n) is 6.96. The number of rotatable bonds is 2. The van der Waals surface area contributed by atoms with Crippen molar-refractivity contribution in [2.45, 2.75) is 17.7 Å². The molecule has 2 rings (SSSR count). The van der Waals surface area contributed by atoms with Crippen LogP contribution in [0.3, 0.4) is 0 Å². The van der Waals surface area contributed by atoms with Crippen LogP contribution < -0.4 is 4.74 Å². The maximum absolute atomic E-state index is 5.93. The summed E-state index contributed by atoms with van der Waals surface area (Å²) in [6.45, 7) is 0. The molecule has 1 fully saturated rings. The summed E-state index contributed by atoms with van der Waals surface area (Å²) in [6, 6.07) is 8.15.